The van der Waals surface area contributed by atoms with Crippen molar-refractivity contribution in [3.63, 3.8) is 0 Å². The van der Waals surface area contributed by atoms with Gasteiger partial charge in [0.05, 0.1) is 29.8 Å². The average molecular weight is 210 g/mol. The predicted molar refractivity (Wildman–Crippen MR) is 56.1 cm³/mol. The Balaban J connectivity index is 2.82. The molecule has 0 aliphatic rings. The zero-order valence-electron chi connectivity index (χ0n) is 8.54. The molecule has 0 bridgehead atoms. The van der Waals surface area contributed by atoms with E-state index >= 15 is 0 Å². The molecule has 14 heavy (non-hydrogen) atoms. The van der Waals surface area contributed by atoms with E-state index in [-0.39, 0.29) is 0 Å². The van der Waals surface area contributed by atoms with Crippen LogP contribution in [0.15, 0.2) is 0 Å². The highest BCUT2D eigenvalue weighted by Gasteiger charge is 2.09. The number of rotatable bonds is 5. The van der Waals surface area contributed by atoms with Crippen molar-refractivity contribution < 1.29 is 4.74 Å². The second-order valence-corrected chi connectivity index (χ2v) is 4.16. The summed E-state index contributed by atoms with van der Waals surface area (Å²) in [6, 6.07) is 2.15. The first kappa shape index (κ1) is 11.2. The molecule has 0 fully saturated rings. The molecule has 3 nitrogen and oxygen atoms in total. The molecular formula is C10H14N2OS. The lowest BCUT2D eigenvalue weighted by atomic mass is 10.3. The van der Waals surface area contributed by atoms with Gasteiger partial charge in [-0.1, -0.05) is 6.92 Å². The van der Waals surface area contributed by atoms with Crippen LogP contribution >= 0.6 is 11.3 Å². The summed E-state index contributed by atoms with van der Waals surface area (Å²) in [4.78, 5) is 5.50. The summed E-state index contributed by atoms with van der Waals surface area (Å²) in [6.45, 7) is 2.64. The van der Waals surface area contributed by atoms with Crippen molar-refractivity contribution in [2.45, 2.75) is 32.8 Å². The van der Waals surface area contributed by atoms with Crippen molar-refractivity contribution in [3.05, 3.63) is 15.6 Å². The van der Waals surface area contributed by atoms with Gasteiger partial charge in [0.2, 0.25) is 0 Å². The maximum atomic E-state index is 8.64. The van der Waals surface area contributed by atoms with Crippen LogP contribution in [0.2, 0.25) is 0 Å². The van der Waals surface area contributed by atoms with Crippen molar-refractivity contribution >= 4 is 11.3 Å². The molecule has 0 aliphatic carbocycles. The molecule has 0 unspecified atom stereocenters. The van der Waals surface area contributed by atoms with E-state index in [1.54, 1.807) is 18.4 Å². The summed E-state index contributed by atoms with van der Waals surface area (Å²) in [5, 5.41) is 9.76. The monoisotopic (exact) mass is 210 g/mol. The van der Waals surface area contributed by atoms with E-state index in [2.05, 4.69) is 18.0 Å². The van der Waals surface area contributed by atoms with Gasteiger partial charge < -0.3 is 4.74 Å². The van der Waals surface area contributed by atoms with Gasteiger partial charge in [-0.05, 0) is 12.8 Å². The Bertz CT molecular complexity index is 327. The standard InChI is InChI=1S/C10H14N2OS/c1-3-4-10-12-8(7-13-2)9(14-10)5-6-11/h3-5,7H2,1-2H3. The van der Waals surface area contributed by atoms with Gasteiger partial charge in [-0.2, -0.15) is 5.26 Å². The Morgan fingerprint density at radius 1 is 1.57 bits per heavy atom. The molecule has 1 aromatic heterocycles. The highest BCUT2D eigenvalue weighted by atomic mass is 32.1. The Morgan fingerprint density at radius 3 is 2.93 bits per heavy atom. The minimum atomic E-state index is 0.445. The van der Waals surface area contributed by atoms with Gasteiger partial charge in [0.1, 0.15) is 0 Å². The van der Waals surface area contributed by atoms with Gasteiger partial charge in [-0.3, -0.25) is 0 Å². The molecule has 0 saturated carbocycles. The number of nitrogens with zero attached hydrogens (tertiary/aromatic N) is 2. The maximum Gasteiger partial charge on any atom is 0.0932 e. The lowest BCUT2D eigenvalue weighted by Crippen LogP contribution is -1.93. The lowest BCUT2D eigenvalue weighted by molar-refractivity contribution is 0.181. The molecule has 1 rings (SSSR count). The second-order valence-electron chi connectivity index (χ2n) is 3.00. The quantitative estimate of drug-likeness (QED) is 0.749. The number of aromatic nitrogens is 1. The fourth-order valence-electron chi connectivity index (χ4n) is 1.22. The number of nitriles is 1. The topological polar surface area (TPSA) is 45.9 Å². The number of ether oxygens (including phenoxy) is 1. The first-order valence-corrected chi connectivity index (χ1v) is 5.46. The van der Waals surface area contributed by atoms with Crippen LogP contribution in [0.25, 0.3) is 0 Å². The third kappa shape index (κ3) is 2.79. The van der Waals surface area contributed by atoms with Crippen molar-refractivity contribution in [3.8, 4) is 6.07 Å². The van der Waals surface area contributed by atoms with E-state index in [4.69, 9.17) is 10.00 Å². The first-order chi connectivity index (χ1) is 6.81. The second kappa shape index (κ2) is 5.74. The van der Waals surface area contributed by atoms with Crippen molar-refractivity contribution in [2.24, 2.45) is 0 Å². The average Bonchev–Trinajstić information content (AvgIpc) is 2.50. The fraction of sp³-hybridized carbons (Fsp3) is 0.600. The summed E-state index contributed by atoms with van der Waals surface area (Å²) in [5.41, 5.74) is 0.933. The molecule has 1 aromatic rings. The van der Waals surface area contributed by atoms with E-state index in [9.17, 15) is 0 Å². The SMILES string of the molecule is CCCc1nc(COC)c(CC#N)s1. The molecule has 76 valence electrons. The van der Waals surface area contributed by atoms with Gasteiger partial charge in [0.15, 0.2) is 0 Å². The molecule has 4 heteroatoms. The van der Waals surface area contributed by atoms with Crippen LogP contribution in [0, 0.1) is 11.3 Å². The smallest absolute Gasteiger partial charge is 0.0932 e. The molecule has 0 radical (unpaired) electrons. The van der Waals surface area contributed by atoms with Crippen LogP contribution in [0.3, 0.4) is 0 Å². The van der Waals surface area contributed by atoms with Gasteiger partial charge >= 0.3 is 0 Å². The summed E-state index contributed by atoms with van der Waals surface area (Å²) < 4.78 is 5.04. The fourth-order valence-corrected chi connectivity index (χ4v) is 2.32. The molecular weight excluding hydrogens is 196 g/mol. The van der Waals surface area contributed by atoms with Crippen LogP contribution < -0.4 is 0 Å². The van der Waals surface area contributed by atoms with Gasteiger partial charge in [0.25, 0.3) is 0 Å². The number of methoxy groups -OCH3 is 1. The Hall–Kier alpha value is -0.920. The molecule has 0 aliphatic heterocycles. The molecule has 0 aromatic carbocycles. The largest absolute Gasteiger partial charge is 0.378 e. The predicted octanol–water partition coefficient (Wildman–Crippen LogP) is 2.31. The summed E-state index contributed by atoms with van der Waals surface area (Å²) >= 11 is 1.63. The summed E-state index contributed by atoms with van der Waals surface area (Å²) in [5.74, 6) is 0. The Morgan fingerprint density at radius 2 is 2.36 bits per heavy atom. The van der Waals surface area contributed by atoms with Gasteiger partial charge in [0, 0.05) is 12.0 Å². The molecule has 1 heterocycles. The Labute approximate surface area is 88.4 Å². The number of aryl methyl sites for hydroxylation is 1. The molecule has 0 saturated heterocycles. The highest BCUT2D eigenvalue weighted by Crippen LogP contribution is 2.20. The van der Waals surface area contributed by atoms with Crippen molar-refractivity contribution in [1.29, 1.82) is 5.26 Å². The van der Waals surface area contributed by atoms with Crippen LogP contribution in [0.5, 0.6) is 0 Å². The van der Waals surface area contributed by atoms with E-state index in [1.807, 2.05) is 0 Å². The summed E-state index contributed by atoms with van der Waals surface area (Å²) in [6.07, 6.45) is 2.53. The number of hydrogen-bond donors (Lipinski definition) is 0. The van der Waals surface area contributed by atoms with Crippen LogP contribution in [-0.2, 0) is 24.2 Å². The summed E-state index contributed by atoms with van der Waals surface area (Å²) in [7, 11) is 1.65. The van der Waals surface area contributed by atoms with Crippen LogP contribution in [0.4, 0.5) is 0 Å². The van der Waals surface area contributed by atoms with Crippen LogP contribution in [-0.4, -0.2) is 12.1 Å². The third-order valence-electron chi connectivity index (χ3n) is 1.81. The molecule has 0 amide bonds. The number of thiazole rings is 1. The zero-order chi connectivity index (χ0) is 10.4. The minimum Gasteiger partial charge on any atom is -0.378 e. The van der Waals surface area contributed by atoms with Crippen molar-refractivity contribution in [1.82, 2.24) is 4.98 Å². The Kier molecular flexibility index (Phi) is 4.57. The lowest BCUT2D eigenvalue weighted by Gasteiger charge is -1.95. The zero-order valence-corrected chi connectivity index (χ0v) is 9.36. The number of hydrogen-bond acceptors (Lipinski definition) is 4. The molecule has 0 spiro atoms. The van der Waals surface area contributed by atoms with E-state index in [0.717, 1.165) is 28.4 Å². The van der Waals surface area contributed by atoms with E-state index in [0.29, 0.717) is 13.0 Å². The van der Waals surface area contributed by atoms with Gasteiger partial charge in [-0.15, -0.1) is 11.3 Å². The molecule has 0 N–H and O–H groups in total. The third-order valence-corrected chi connectivity index (χ3v) is 2.96. The maximum absolute atomic E-state index is 8.64. The van der Waals surface area contributed by atoms with E-state index < -0.39 is 0 Å². The van der Waals surface area contributed by atoms with E-state index in [1.165, 1.54) is 0 Å². The first-order valence-electron chi connectivity index (χ1n) is 4.65. The highest BCUT2D eigenvalue weighted by molar-refractivity contribution is 7.11. The normalized spacial score (nSPS) is 10.1. The van der Waals surface area contributed by atoms with Crippen LogP contribution in [0.1, 0.15) is 28.9 Å². The van der Waals surface area contributed by atoms with Crippen molar-refractivity contribution in [2.75, 3.05) is 7.11 Å². The molecule has 0 atom stereocenters. The minimum absolute atomic E-state index is 0.445. The van der Waals surface area contributed by atoms with Gasteiger partial charge in [-0.25, -0.2) is 4.98 Å².